The molecule has 1 aliphatic rings. The molecule has 0 radical (unpaired) electrons. The van der Waals surface area contributed by atoms with Crippen molar-refractivity contribution in [1.29, 1.82) is 0 Å². The minimum absolute atomic E-state index is 0.00570. The third-order valence-corrected chi connectivity index (χ3v) is 6.71. The van der Waals surface area contributed by atoms with E-state index < -0.39 is 0 Å². The Morgan fingerprint density at radius 2 is 2.03 bits per heavy atom. The van der Waals surface area contributed by atoms with Crippen LogP contribution in [0.25, 0.3) is 10.9 Å². The van der Waals surface area contributed by atoms with Crippen LogP contribution in [0, 0.1) is 5.92 Å². The Hall–Kier alpha value is -2.80. The Labute approximate surface area is 186 Å². The van der Waals surface area contributed by atoms with Gasteiger partial charge in [-0.15, -0.1) is 11.3 Å². The first-order valence-corrected chi connectivity index (χ1v) is 11.8. The number of nitrogens with zero attached hydrogens (tertiary/aromatic N) is 3. The summed E-state index contributed by atoms with van der Waals surface area (Å²) in [5, 5.41) is 7.13. The number of carbonyl (C=O) groups excluding carboxylic acids is 2. The average molecular weight is 437 g/mol. The highest BCUT2D eigenvalue weighted by Gasteiger charge is 2.28. The molecule has 2 aromatic heterocycles. The molecular formula is C24H28N4O2S. The van der Waals surface area contributed by atoms with E-state index in [-0.39, 0.29) is 23.7 Å². The standard InChI is InChI=1S/C24H28N4O2S/c1-16(2)22(29)25-12-11-19-15-31-23(26-19)18-7-5-13-28(14-18)24(30)21-10-9-17-6-3-4-8-20(17)27-21/h3-4,6,8-10,15-16,18H,5,7,11-14H2,1-2H3,(H,25,29)/t18-/m0/s1. The maximum Gasteiger partial charge on any atom is 0.272 e. The van der Waals surface area contributed by atoms with E-state index >= 15 is 0 Å². The van der Waals surface area contributed by atoms with Crippen molar-refractivity contribution in [3.8, 4) is 0 Å². The highest BCUT2D eigenvalue weighted by atomic mass is 32.1. The summed E-state index contributed by atoms with van der Waals surface area (Å²) in [6.45, 7) is 5.80. The van der Waals surface area contributed by atoms with Crippen LogP contribution >= 0.6 is 11.3 Å². The second-order valence-corrected chi connectivity index (χ2v) is 9.24. The van der Waals surface area contributed by atoms with Crippen LogP contribution in [-0.2, 0) is 11.2 Å². The van der Waals surface area contributed by atoms with Gasteiger partial charge in [0, 0.05) is 48.7 Å². The molecule has 1 fully saturated rings. The molecule has 3 aromatic rings. The van der Waals surface area contributed by atoms with E-state index in [2.05, 4.69) is 15.7 Å². The summed E-state index contributed by atoms with van der Waals surface area (Å²) in [6, 6.07) is 11.6. The largest absolute Gasteiger partial charge is 0.355 e. The molecule has 1 atom stereocenters. The van der Waals surface area contributed by atoms with Crippen molar-refractivity contribution in [1.82, 2.24) is 20.2 Å². The predicted molar refractivity (Wildman–Crippen MR) is 123 cm³/mol. The third kappa shape index (κ3) is 5.10. The summed E-state index contributed by atoms with van der Waals surface area (Å²) in [5.41, 5.74) is 2.35. The molecule has 0 unspecified atom stereocenters. The lowest BCUT2D eigenvalue weighted by atomic mass is 9.98. The molecule has 1 N–H and O–H groups in total. The summed E-state index contributed by atoms with van der Waals surface area (Å²) in [5.74, 6) is 0.304. The summed E-state index contributed by atoms with van der Waals surface area (Å²) < 4.78 is 0. The fourth-order valence-electron chi connectivity index (χ4n) is 3.85. The molecule has 4 rings (SSSR count). The zero-order chi connectivity index (χ0) is 21.8. The second-order valence-electron chi connectivity index (χ2n) is 8.35. The van der Waals surface area contributed by atoms with Crippen LogP contribution < -0.4 is 5.32 Å². The molecule has 7 heteroatoms. The minimum Gasteiger partial charge on any atom is -0.355 e. The van der Waals surface area contributed by atoms with Crippen LogP contribution in [-0.4, -0.2) is 46.3 Å². The van der Waals surface area contributed by atoms with Crippen LogP contribution in [0.5, 0.6) is 0 Å². The molecule has 6 nitrogen and oxygen atoms in total. The van der Waals surface area contributed by atoms with Gasteiger partial charge in [-0.25, -0.2) is 9.97 Å². The number of nitrogens with one attached hydrogen (secondary N) is 1. The van der Waals surface area contributed by atoms with Gasteiger partial charge < -0.3 is 10.2 Å². The van der Waals surface area contributed by atoms with E-state index in [0.717, 1.165) is 47.4 Å². The Morgan fingerprint density at radius 3 is 2.87 bits per heavy atom. The molecule has 2 amide bonds. The number of rotatable bonds is 6. The Kier molecular flexibility index (Phi) is 6.61. The molecule has 3 heterocycles. The van der Waals surface area contributed by atoms with Gasteiger partial charge in [-0.1, -0.05) is 38.1 Å². The predicted octanol–water partition coefficient (Wildman–Crippen LogP) is 4.03. The van der Waals surface area contributed by atoms with Crippen LogP contribution in [0.1, 0.15) is 53.8 Å². The van der Waals surface area contributed by atoms with Crippen molar-refractivity contribution in [3.05, 3.63) is 58.2 Å². The highest BCUT2D eigenvalue weighted by Crippen LogP contribution is 2.30. The molecule has 162 valence electrons. The number of para-hydroxylation sites is 1. The summed E-state index contributed by atoms with van der Waals surface area (Å²) in [4.78, 5) is 36.1. The summed E-state index contributed by atoms with van der Waals surface area (Å²) in [6.07, 6.45) is 2.72. The number of likely N-dealkylation sites (tertiary alicyclic amines) is 1. The molecule has 1 aromatic carbocycles. The molecular weight excluding hydrogens is 408 g/mol. The van der Waals surface area contributed by atoms with E-state index in [9.17, 15) is 9.59 Å². The van der Waals surface area contributed by atoms with Crippen molar-refractivity contribution >= 4 is 34.1 Å². The van der Waals surface area contributed by atoms with Gasteiger partial charge in [0.1, 0.15) is 5.69 Å². The van der Waals surface area contributed by atoms with Crippen LogP contribution in [0.4, 0.5) is 0 Å². The number of piperidine rings is 1. The van der Waals surface area contributed by atoms with Crippen molar-refractivity contribution in [2.45, 2.75) is 39.0 Å². The van der Waals surface area contributed by atoms with Gasteiger partial charge in [-0.2, -0.15) is 0 Å². The summed E-state index contributed by atoms with van der Waals surface area (Å²) in [7, 11) is 0. The van der Waals surface area contributed by atoms with Crippen LogP contribution in [0.2, 0.25) is 0 Å². The number of benzene rings is 1. The van der Waals surface area contributed by atoms with Gasteiger partial charge in [0.2, 0.25) is 5.91 Å². The molecule has 0 spiro atoms. The van der Waals surface area contributed by atoms with Crippen LogP contribution in [0.3, 0.4) is 0 Å². The first-order chi connectivity index (χ1) is 15.0. The van der Waals surface area contributed by atoms with E-state index in [0.29, 0.717) is 18.8 Å². The lowest BCUT2D eigenvalue weighted by molar-refractivity contribution is -0.123. The van der Waals surface area contributed by atoms with Gasteiger partial charge in [-0.05, 0) is 25.0 Å². The maximum atomic E-state index is 13.1. The average Bonchev–Trinajstić information content (AvgIpc) is 3.27. The number of amides is 2. The second kappa shape index (κ2) is 9.56. The molecule has 0 aliphatic carbocycles. The topological polar surface area (TPSA) is 75.2 Å². The Balaban J connectivity index is 1.38. The van der Waals surface area contributed by atoms with E-state index in [1.54, 1.807) is 11.3 Å². The normalized spacial score (nSPS) is 16.6. The SMILES string of the molecule is CC(C)C(=O)NCCc1csc([C@H]2CCCN(C(=O)c3ccc4ccccc4n3)C2)n1. The van der Waals surface area contributed by atoms with E-state index in [1.807, 2.05) is 55.1 Å². The fraction of sp³-hybridized carbons (Fsp3) is 0.417. The molecule has 1 saturated heterocycles. The molecule has 31 heavy (non-hydrogen) atoms. The first kappa shape index (κ1) is 21.4. The smallest absolute Gasteiger partial charge is 0.272 e. The monoisotopic (exact) mass is 436 g/mol. The lowest BCUT2D eigenvalue weighted by Gasteiger charge is -2.31. The van der Waals surface area contributed by atoms with Gasteiger partial charge in [0.15, 0.2) is 0 Å². The number of pyridine rings is 1. The van der Waals surface area contributed by atoms with Gasteiger partial charge in [0.05, 0.1) is 16.2 Å². The lowest BCUT2D eigenvalue weighted by Crippen LogP contribution is -2.39. The zero-order valence-electron chi connectivity index (χ0n) is 18.0. The zero-order valence-corrected chi connectivity index (χ0v) is 18.8. The van der Waals surface area contributed by atoms with Crippen LogP contribution in [0.15, 0.2) is 41.8 Å². The number of fused-ring (bicyclic) bond motifs is 1. The van der Waals surface area contributed by atoms with Crippen molar-refractivity contribution in [2.75, 3.05) is 19.6 Å². The van der Waals surface area contributed by atoms with Crippen molar-refractivity contribution < 1.29 is 9.59 Å². The van der Waals surface area contributed by atoms with E-state index in [4.69, 9.17) is 4.98 Å². The number of hydrogen-bond donors (Lipinski definition) is 1. The highest BCUT2D eigenvalue weighted by molar-refractivity contribution is 7.09. The Morgan fingerprint density at radius 1 is 1.19 bits per heavy atom. The third-order valence-electron chi connectivity index (χ3n) is 5.65. The number of aromatic nitrogens is 2. The summed E-state index contributed by atoms with van der Waals surface area (Å²) >= 11 is 1.66. The molecule has 0 saturated carbocycles. The van der Waals surface area contributed by atoms with Crippen molar-refractivity contribution in [3.63, 3.8) is 0 Å². The number of carbonyl (C=O) groups is 2. The van der Waals surface area contributed by atoms with Gasteiger partial charge in [0.25, 0.3) is 5.91 Å². The quantitative estimate of drug-likeness (QED) is 0.633. The first-order valence-electron chi connectivity index (χ1n) is 10.9. The minimum atomic E-state index is -0.0105. The number of hydrogen-bond acceptors (Lipinski definition) is 5. The molecule has 1 aliphatic heterocycles. The fourth-order valence-corrected chi connectivity index (χ4v) is 4.84. The van der Waals surface area contributed by atoms with E-state index in [1.165, 1.54) is 0 Å². The van der Waals surface area contributed by atoms with Crippen molar-refractivity contribution in [2.24, 2.45) is 5.92 Å². The van der Waals surface area contributed by atoms with Gasteiger partial charge in [-0.3, -0.25) is 9.59 Å². The number of thiazole rings is 1. The maximum absolute atomic E-state index is 13.1. The van der Waals surface area contributed by atoms with Gasteiger partial charge >= 0.3 is 0 Å². The molecule has 0 bridgehead atoms. The Bertz CT molecular complexity index is 1080.